The Morgan fingerprint density at radius 1 is 1.32 bits per heavy atom. The maximum atomic E-state index is 12.2. The number of rotatable bonds is 4. The number of aliphatic imine (C=N–C) groups is 1. The van der Waals surface area contributed by atoms with Crippen molar-refractivity contribution in [2.45, 2.75) is 38.8 Å². The van der Waals surface area contributed by atoms with Crippen LogP contribution < -0.4 is 16.0 Å². The number of urea groups is 1. The van der Waals surface area contributed by atoms with Crippen molar-refractivity contribution in [1.82, 2.24) is 15.5 Å². The van der Waals surface area contributed by atoms with Crippen molar-refractivity contribution in [2.24, 2.45) is 10.9 Å². The van der Waals surface area contributed by atoms with Crippen LogP contribution in [-0.4, -0.2) is 43.1 Å². The highest BCUT2D eigenvalue weighted by atomic mass is 127. The summed E-state index contributed by atoms with van der Waals surface area (Å²) in [5.41, 5.74) is 1.95. The number of carbonyl (C=O) groups excluding carboxylic acids is 1. The molecule has 25 heavy (non-hydrogen) atoms. The monoisotopic (exact) mass is 457 g/mol. The molecule has 1 heterocycles. The van der Waals surface area contributed by atoms with Crippen LogP contribution in [0.1, 0.15) is 31.7 Å². The fraction of sp³-hybridized carbons (Fsp3) is 0.556. The lowest BCUT2D eigenvalue weighted by Gasteiger charge is -2.17. The zero-order chi connectivity index (χ0) is 16.9. The first kappa shape index (κ1) is 19.8. The van der Waals surface area contributed by atoms with E-state index in [1.165, 1.54) is 6.42 Å². The van der Waals surface area contributed by atoms with Gasteiger partial charge in [-0.15, -0.1) is 24.0 Å². The molecule has 0 bridgehead atoms. The highest BCUT2D eigenvalue weighted by Gasteiger charge is 2.33. The van der Waals surface area contributed by atoms with Gasteiger partial charge in [-0.25, -0.2) is 4.79 Å². The van der Waals surface area contributed by atoms with E-state index in [1.54, 1.807) is 7.05 Å². The number of hydrogen-bond acceptors (Lipinski definition) is 2. The van der Waals surface area contributed by atoms with E-state index in [0.717, 1.165) is 49.1 Å². The number of benzene rings is 1. The van der Waals surface area contributed by atoms with E-state index in [4.69, 9.17) is 0 Å². The normalized spacial score (nSPS) is 22.2. The first-order valence-corrected chi connectivity index (χ1v) is 8.78. The number of halogens is 1. The van der Waals surface area contributed by atoms with Crippen molar-refractivity contribution in [3.63, 3.8) is 0 Å². The quantitative estimate of drug-likeness (QED) is 0.370. The molecule has 138 valence electrons. The van der Waals surface area contributed by atoms with E-state index in [-0.39, 0.29) is 30.0 Å². The molecule has 1 aliphatic heterocycles. The molecule has 1 saturated carbocycles. The number of nitrogens with zero attached hydrogens (tertiary/aromatic N) is 2. The summed E-state index contributed by atoms with van der Waals surface area (Å²) >= 11 is 0. The zero-order valence-electron chi connectivity index (χ0n) is 14.9. The Morgan fingerprint density at radius 2 is 2.04 bits per heavy atom. The van der Waals surface area contributed by atoms with Gasteiger partial charge < -0.3 is 20.9 Å². The number of hydrogen-bond donors (Lipinski definition) is 3. The van der Waals surface area contributed by atoms with Crippen LogP contribution >= 0.6 is 24.0 Å². The topological polar surface area (TPSA) is 68.8 Å². The van der Waals surface area contributed by atoms with E-state index in [1.807, 2.05) is 29.2 Å². The summed E-state index contributed by atoms with van der Waals surface area (Å²) < 4.78 is 0. The lowest BCUT2D eigenvalue weighted by molar-refractivity contribution is 0.222. The minimum Gasteiger partial charge on any atom is -0.353 e. The summed E-state index contributed by atoms with van der Waals surface area (Å²) in [5.74, 6) is 1.56. The molecule has 7 heteroatoms. The standard InChI is InChI=1S/C18H27N5O.HI/c1-13-10-16(13)22-17(19-2)20-12-14-6-5-7-15(11-14)21-18(24)23-8-3-4-9-23;/h5-7,11,13,16H,3-4,8-10,12H2,1-2H3,(H,21,24)(H2,19,20,22);1H. The minimum atomic E-state index is -0.00203. The van der Waals surface area contributed by atoms with Crippen LogP contribution in [0.15, 0.2) is 29.3 Å². The van der Waals surface area contributed by atoms with Crippen molar-refractivity contribution >= 4 is 41.7 Å². The highest BCUT2D eigenvalue weighted by Crippen LogP contribution is 2.28. The zero-order valence-corrected chi connectivity index (χ0v) is 17.2. The second kappa shape index (κ2) is 9.26. The van der Waals surface area contributed by atoms with Crippen molar-refractivity contribution in [1.29, 1.82) is 0 Å². The van der Waals surface area contributed by atoms with E-state index in [0.29, 0.717) is 12.6 Å². The molecular formula is C18H28IN5O. The van der Waals surface area contributed by atoms with Gasteiger partial charge in [0.15, 0.2) is 5.96 Å². The Morgan fingerprint density at radius 3 is 2.68 bits per heavy atom. The van der Waals surface area contributed by atoms with Gasteiger partial charge in [0.05, 0.1) is 0 Å². The van der Waals surface area contributed by atoms with E-state index in [9.17, 15) is 4.79 Å². The molecule has 0 radical (unpaired) electrons. The van der Waals surface area contributed by atoms with Crippen molar-refractivity contribution in [3.05, 3.63) is 29.8 Å². The number of amides is 2. The molecule has 1 aromatic carbocycles. The van der Waals surface area contributed by atoms with Crippen molar-refractivity contribution in [2.75, 3.05) is 25.5 Å². The second-order valence-corrected chi connectivity index (χ2v) is 6.71. The SMILES string of the molecule is CN=C(NCc1cccc(NC(=O)N2CCCC2)c1)NC1CC1C.I. The number of guanidine groups is 1. The predicted octanol–water partition coefficient (Wildman–Crippen LogP) is 3.01. The average molecular weight is 457 g/mol. The first-order chi connectivity index (χ1) is 11.7. The smallest absolute Gasteiger partial charge is 0.321 e. The van der Waals surface area contributed by atoms with Crippen LogP contribution in [0.5, 0.6) is 0 Å². The number of nitrogens with one attached hydrogen (secondary N) is 3. The average Bonchev–Trinajstić information content (AvgIpc) is 3.04. The second-order valence-electron chi connectivity index (χ2n) is 6.71. The molecule has 0 spiro atoms. The fourth-order valence-corrected chi connectivity index (χ4v) is 2.96. The summed E-state index contributed by atoms with van der Waals surface area (Å²) in [7, 11) is 1.79. The van der Waals surface area contributed by atoms with Gasteiger partial charge in [0.2, 0.25) is 0 Å². The highest BCUT2D eigenvalue weighted by molar-refractivity contribution is 14.0. The molecule has 1 aliphatic carbocycles. The first-order valence-electron chi connectivity index (χ1n) is 8.78. The molecular weight excluding hydrogens is 429 g/mol. The summed E-state index contributed by atoms with van der Waals surface area (Å²) in [4.78, 5) is 18.3. The fourth-order valence-electron chi connectivity index (χ4n) is 2.96. The predicted molar refractivity (Wildman–Crippen MR) is 113 cm³/mol. The van der Waals surface area contributed by atoms with Crippen molar-refractivity contribution < 1.29 is 4.79 Å². The van der Waals surface area contributed by atoms with E-state index < -0.39 is 0 Å². The third kappa shape index (κ3) is 5.76. The van der Waals surface area contributed by atoms with Gasteiger partial charge in [-0.05, 0) is 42.9 Å². The molecule has 0 aromatic heterocycles. The third-order valence-corrected chi connectivity index (χ3v) is 4.69. The van der Waals surface area contributed by atoms with Crippen LogP contribution in [0.4, 0.5) is 10.5 Å². The van der Waals surface area contributed by atoms with Crippen molar-refractivity contribution in [3.8, 4) is 0 Å². The van der Waals surface area contributed by atoms with Crippen LogP contribution in [0, 0.1) is 5.92 Å². The summed E-state index contributed by atoms with van der Waals surface area (Å²) in [5, 5.41) is 9.72. The maximum absolute atomic E-state index is 12.2. The summed E-state index contributed by atoms with van der Waals surface area (Å²) in [6.45, 7) is 4.62. The van der Waals surface area contributed by atoms with Crippen LogP contribution in [0.25, 0.3) is 0 Å². The van der Waals surface area contributed by atoms with Gasteiger partial charge in [-0.2, -0.15) is 0 Å². The number of anilines is 1. The minimum absolute atomic E-state index is 0. The van der Waals surface area contributed by atoms with Crippen LogP contribution in [0.2, 0.25) is 0 Å². The summed E-state index contributed by atoms with van der Waals surface area (Å²) in [6.07, 6.45) is 3.41. The lowest BCUT2D eigenvalue weighted by atomic mass is 10.2. The summed E-state index contributed by atoms with van der Waals surface area (Å²) in [6, 6.07) is 8.49. The largest absolute Gasteiger partial charge is 0.353 e. The molecule has 2 amide bonds. The molecule has 2 aliphatic rings. The maximum Gasteiger partial charge on any atom is 0.321 e. The van der Waals surface area contributed by atoms with Crippen LogP contribution in [-0.2, 0) is 6.54 Å². The Balaban J connectivity index is 0.00000225. The molecule has 1 saturated heterocycles. The molecule has 3 rings (SSSR count). The lowest BCUT2D eigenvalue weighted by Crippen LogP contribution is -2.38. The van der Waals surface area contributed by atoms with Gasteiger partial charge in [-0.3, -0.25) is 4.99 Å². The number of likely N-dealkylation sites (tertiary alicyclic amines) is 1. The molecule has 1 aromatic rings. The Hall–Kier alpha value is -1.51. The van der Waals surface area contributed by atoms with Gasteiger partial charge in [0.1, 0.15) is 0 Å². The van der Waals surface area contributed by atoms with Gasteiger partial charge >= 0.3 is 6.03 Å². The molecule has 2 fully saturated rings. The van der Waals surface area contributed by atoms with E-state index >= 15 is 0 Å². The Bertz CT molecular complexity index is 615. The van der Waals surface area contributed by atoms with E-state index in [2.05, 4.69) is 27.9 Å². The third-order valence-electron chi connectivity index (χ3n) is 4.69. The molecule has 3 N–H and O–H groups in total. The van der Waals surface area contributed by atoms with Crippen LogP contribution in [0.3, 0.4) is 0 Å². The van der Waals surface area contributed by atoms with Gasteiger partial charge in [0.25, 0.3) is 0 Å². The molecule has 6 nitrogen and oxygen atoms in total. The van der Waals surface area contributed by atoms with Gasteiger partial charge in [-0.1, -0.05) is 19.1 Å². The number of carbonyl (C=O) groups is 1. The Kier molecular flexibility index (Phi) is 7.34. The molecule has 2 unspecified atom stereocenters. The molecule has 2 atom stereocenters. The van der Waals surface area contributed by atoms with Gasteiger partial charge in [0, 0.05) is 38.4 Å². The Labute approximate surface area is 166 Å².